The Labute approximate surface area is 118 Å². The van der Waals surface area contributed by atoms with E-state index >= 15 is 0 Å². The van der Waals surface area contributed by atoms with Crippen LogP contribution >= 0.6 is 0 Å². The van der Waals surface area contributed by atoms with Crippen molar-refractivity contribution in [1.82, 2.24) is 15.2 Å². The number of anilines is 1. The van der Waals surface area contributed by atoms with Gasteiger partial charge in [0.15, 0.2) is 0 Å². The lowest BCUT2D eigenvalue weighted by Crippen LogP contribution is -2.47. The number of carbonyl (C=O) groups is 2. The van der Waals surface area contributed by atoms with Crippen molar-refractivity contribution < 1.29 is 9.59 Å². The molecule has 1 aromatic rings. The van der Waals surface area contributed by atoms with Crippen LogP contribution in [0.1, 0.15) is 37.2 Å². The van der Waals surface area contributed by atoms with Gasteiger partial charge in [-0.1, -0.05) is 13.8 Å². The average Bonchev–Trinajstić information content (AvgIpc) is 2.85. The second-order valence-corrected chi connectivity index (χ2v) is 5.58. The van der Waals surface area contributed by atoms with Crippen LogP contribution in [0.5, 0.6) is 0 Å². The van der Waals surface area contributed by atoms with E-state index in [4.69, 9.17) is 5.73 Å². The Morgan fingerprint density at radius 2 is 2.05 bits per heavy atom. The van der Waals surface area contributed by atoms with Crippen molar-refractivity contribution in [3.05, 3.63) is 18.0 Å². The van der Waals surface area contributed by atoms with Gasteiger partial charge < -0.3 is 20.9 Å². The predicted molar refractivity (Wildman–Crippen MR) is 77.1 cm³/mol. The lowest BCUT2D eigenvalue weighted by atomic mass is 10.0. The van der Waals surface area contributed by atoms with Gasteiger partial charge >= 0.3 is 0 Å². The highest BCUT2D eigenvalue weighted by molar-refractivity contribution is 5.93. The van der Waals surface area contributed by atoms with Gasteiger partial charge in [0, 0.05) is 36.9 Å². The van der Waals surface area contributed by atoms with Crippen molar-refractivity contribution in [2.24, 2.45) is 5.92 Å². The summed E-state index contributed by atoms with van der Waals surface area (Å²) in [5.74, 6) is 0.0406. The molecule has 0 aromatic carbocycles. The van der Waals surface area contributed by atoms with Gasteiger partial charge in [-0.05, 0) is 18.9 Å². The van der Waals surface area contributed by atoms with E-state index in [0.29, 0.717) is 24.5 Å². The Kier molecular flexibility index (Phi) is 4.32. The fourth-order valence-electron chi connectivity index (χ4n) is 2.30. The number of carbonyl (C=O) groups excluding carboxylic acids is 2. The number of rotatable bonds is 3. The van der Waals surface area contributed by atoms with Crippen LogP contribution in [0.15, 0.2) is 12.3 Å². The molecule has 0 spiro atoms. The van der Waals surface area contributed by atoms with Gasteiger partial charge in [0.2, 0.25) is 5.91 Å². The zero-order valence-corrected chi connectivity index (χ0v) is 12.0. The maximum Gasteiger partial charge on any atom is 0.270 e. The number of aromatic nitrogens is 1. The molecule has 0 bridgehead atoms. The second-order valence-electron chi connectivity index (χ2n) is 5.58. The molecule has 0 aliphatic carbocycles. The molecule has 0 unspecified atom stereocenters. The summed E-state index contributed by atoms with van der Waals surface area (Å²) in [6.07, 6.45) is 3.20. The smallest absolute Gasteiger partial charge is 0.270 e. The zero-order chi connectivity index (χ0) is 14.7. The molecule has 2 rings (SSSR count). The summed E-state index contributed by atoms with van der Waals surface area (Å²) in [6.45, 7) is 5.06. The van der Waals surface area contributed by atoms with Crippen LogP contribution in [0.25, 0.3) is 0 Å². The Bertz CT molecular complexity index is 487. The van der Waals surface area contributed by atoms with Crippen molar-refractivity contribution in [2.45, 2.75) is 32.7 Å². The lowest BCUT2D eigenvalue weighted by Gasteiger charge is -2.32. The molecule has 2 heterocycles. The third-order valence-electron chi connectivity index (χ3n) is 3.59. The van der Waals surface area contributed by atoms with Gasteiger partial charge in [0.25, 0.3) is 5.91 Å². The number of nitrogens with zero attached hydrogens (tertiary/aromatic N) is 1. The normalized spacial score (nSPS) is 16.4. The van der Waals surface area contributed by atoms with Crippen LogP contribution in [-0.2, 0) is 4.79 Å². The Morgan fingerprint density at radius 3 is 2.55 bits per heavy atom. The summed E-state index contributed by atoms with van der Waals surface area (Å²) >= 11 is 0. The van der Waals surface area contributed by atoms with E-state index in [2.05, 4.69) is 10.3 Å². The zero-order valence-electron chi connectivity index (χ0n) is 12.0. The molecule has 0 saturated carbocycles. The number of hydrogen-bond acceptors (Lipinski definition) is 3. The minimum atomic E-state index is -0.0321. The van der Waals surface area contributed by atoms with Crippen LogP contribution in [0.3, 0.4) is 0 Å². The van der Waals surface area contributed by atoms with Gasteiger partial charge in [-0.25, -0.2) is 0 Å². The minimum Gasteiger partial charge on any atom is -0.397 e. The molecule has 2 amide bonds. The molecule has 6 nitrogen and oxygen atoms in total. The third kappa shape index (κ3) is 3.31. The van der Waals surface area contributed by atoms with E-state index in [1.165, 1.54) is 0 Å². The van der Waals surface area contributed by atoms with Gasteiger partial charge in [0.1, 0.15) is 5.69 Å². The molecular weight excluding hydrogens is 256 g/mol. The number of nitrogen functional groups attached to an aromatic ring is 1. The first-order valence-electron chi connectivity index (χ1n) is 7.01. The van der Waals surface area contributed by atoms with Crippen LogP contribution in [0.4, 0.5) is 5.69 Å². The molecular formula is C14H22N4O2. The molecule has 1 fully saturated rings. The van der Waals surface area contributed by atoms with E-state index in [1.54, 1.807) is 17.2 Å². The molecule has 20 heavy (non-hydrogen) atoms. The summed E-state index contributed by atoms with van der Waals surface area (Å²) in [4.78, 5) is 28.5. The molecule has 4 N–H and O–H groups in total. The number of hydrogen-bond donors (Lipinski definition) is 3. The molecule has 1 saturated heterocycles. The summed E-state index contributed by atoms with van der Waals surface area (Å²) in [7, 11) is 0. The molecule has 1 aliphatic rings. The van der Waals surface area contributed by atoms with Crippen LogP contribution in [0.2, 0.25) is 0 Å². The van der Waals surface area contributed by atoms with Crippen molar-refractivity contribution in [2.75, 3.05) is 18.8 Å². The molecule has 110 valence electrons. The topological polar surface area (TPSA) is 91.2 Å². The van der Waals surface area contributed by atoms with Crippen molar-refractivity contribution in [3.8, 4) is 0 Å². The number of nitrogens with one attached hydrogen (secondary N) is 2. The van der Waals surface area contributed by atoms with Crippen molar-refractivity contribution in [1.29, 1.82) is 0 Å². The number of H-pyrrole nitrogens is 1. The standard InChI is InChI=1S/C14H22N4O2/c1-9(2)13(19)17-11-3-5-18(6-4-11)14(20)12-7-10(15)8-16-12/h7-9,11,16H,3-6,15H2,1-2H3,(H,17,19). The molecule has 6 heteroatoms. The number of likely N-dealkylation sites (tertiary alicyclic amines) is 1. The first kappa shape index (κ1) is 14.4. The van der Waals surface area contributed by atoms with Gasteiger partial charge in [0.05, 0.1) is 0 Å². The predicted octanol–water partition coefficient (Wildman–Crippen LogP) is 0.974. The Morgan fingerprint density at radius 1 is 1.40 bits per heavy atom. The van der Waals surface area contributed by atoms with Gasteiger partial charge in [-0.15, -0.1) is 0 Å². The van der Waals surface area contributed by atoms with E-state index in [1.807, 2.05) is 13.8 Å². The average molecular weight is 278 g/mol. The van der Waals surface area contributed by atoms with Crippen LogP contribution in [-0.4, -0.2) is 40.8 Å². The minimum absolute atomic E-state index is 0.00319. The number of amides is 2. The highest BCUT2D eigenvalue weighted by atomic mass is 16.2. The van der Waals surface area contributed by atoms with E-state index < -0.39 is 0 Å². The molecule has 0 radical (unpaired) electrons. The maximum atomic E-state index is 12.2. The molecule has 1 aromatic heterocycles. The number of nitrogens with two attached hydrogens (primary N) is 1. The van der Waals surface area contributed by atoms with Crippen LogP contribution in [0, 0.1) is 5.92 Å². The largest absolute Gasteiger partial charge is 0.397 e. The van der Waals surface area contributed by atoms with Gasteiger partial charge in [-0.3, -0.25) is 9.59 Å². The quantitative estimate of drug-likeness (QED) is 0.769. The number of aromatic amines is 1. The molecule has 1 aliphatic heterocycles. The summed E-state index contributed by atoms with van der Waals surface area (Å²) in [5.41, 5.74) is 6.68. The van der Waals surface area contributed by atoms with E-state index in [0.717, 1.165) is 12.8 Å². The summed E-state index contributed by atoms with van der Waals surface area (Å²) in [6, 6.07) is 1.82. The van der Waals surface area contributed by atoms with Crippen molar-refractivity contribution in [3.63, 3.8) is 0 Å². The first-order valence-corrected chi connectivity index (χ1v) is 7.01. The first-order chi connectivity index (χ1) is 9.47. The Balaban J connectivity index is 1.85. The third-order valence-corrected chi connectivity index (χ3v) is 3.59. The van der Waals surface area contributed by atoms with E-state index in [-0.39, 0.29) is 23.8 Å². The molecule has 0 atom stereocenters. The highest BCUT2D eigenvalue weighted by Crippen LogP contribution is 2.15. The van der Waals surface area contributed by atoms with Crippen molar-refractivity contribution >= 4 is 17.5 Å². The maximum absolute atomic E-state index is 12.2. The number of piperidine rings is 1. The fraction of sp³-hybridized carbons (Fsp3) is 0.571. The van der Waals surface area contributed by atoms with Crippen LogP contribution < -0.4 is 11.1 Å². The summed E-state index contributed by atoms with van der Waals surface area (Å²) in [5, 5.41) is 3.02. The monoisotopic (exact) mass is 278 g/mol. The highest BCUT2D eigenvalue weighted by Gasteiger charge is 2.25. The lowest BCUT2D eigenvalue weighted by molar-refractivity contribution is -0.124. The fourth-order valence-corrected chi connectivity index (χ4v) is 2.30. The summed E-state index contributed by atoms with van der Waals surface area (Å²) < 4.78 is 0. The second kappa shape index (κ2) is 5.98. The Hall–Kier alpha value is -1.98. The van der Waals surface area contributed by atoms with Gasteiger partial charge in [-0.2, -0.15) is 0 Å². The SMILES string of the molecule is CC(C)C(=O)NC1CCN(C(=O)c2cc(N)c[nH]2)CC1. The van der Waals surface area contributed by atoms with E-state index in [9.17, 15) is 9.59 Å².